The molecule has 3 nitrogen and oxygen atoms in total. The van der Waals surface area contributed by atoms with Crippen LogP contribution in [-0.4, -0.2) is 24.2 Å². The predicted octanol–water partition coefficient (Wildman–Crippen LogP) is 4.62. The van der Waals surface area contributed by atoms with Gasteiger partial charge in [0.05, 0.1) is 22.6 Å². The third-order valence-corrected chi connectivity index (χ3v) is 4.04. The van der Waals surface area contributed by atoms with Crippen molar-refractivity contribution in [3.63, 3.8) is 0 Å². The van der Waals surface area contributed by atoms with Crippen molar-refractivity contribution in [3.05, 3.63) is 41.2 Å². The Balaban J connectivity index is 2.35. The van der Waals surface area contributed by atoms with Crippen molar-refractivity contribution in [2.45, 2.75) is 39.9 Å². The molecular weight excluding hydrogens is 333 g/mol. The van der Waals surface area contributed by atoms with Crippen LogP contribution in [0.1, 0.15) is 17.0 Å². The zero-order valence-corrected chi connectivity index (χ0v) is 15.2. The van der Waals surface area contributed by atoms with Crippen molar-refractivity contribution < 1.29 is 17.9 Å². The standard InChI is InChI=1S/C17H19F3N2OSi/c1-12-16(10-11-24(3,4)5)13(2)22(21-12)14-6-8-15(9-7-14)23-17(18,19)20/h6-9H,1-5H3. The number of aryl methyl sites for hydroxylation is 1. The highest BCUT2D eigenvalue weighted by molar-refractivity contribution is 6.83. The summed E-state index contributed by atoms with van der Waals surface area (Å²) in [6, 6.07) is 5.62. The highest BCUT2D eigenvalue weighted by Gasteiger charge is 2.31. The fourth-order valence-corrected chi connectivity index (χ4v) is 2.61. The predicted molar refractivity (Wildman–Crippen MR) is 89.9 cm³/mol. The van der Waals surface area contributed by atoms with Gasteiger partial charge < -0.3 is 4.74 Å². The molecule has 0 aliphatic rings. The summed E-state index contributed by atoms with van der Waals surface area (Å²) in [5, 5.41) is 4.45. The summed E-state index contributed by atoms with van der Waals surface area (Å²) in [5.74, 6) is 2.95. The van der Waals surface area contributed by atoms with Crippen LogP contribution in [0.3, 0.4) is 0 Å². The molecule has 24 heavy (non-hydrogen) atoms. The Morgan fingerprint density at radius 2 is 1.67 bits per heavy atom. The Morgan fingerprint density at radius 3 is 2.17 bits per heavy atom. The molecule has 1 aromatic heterocycles. The van der Waals surface area contributed by atoms with Crippen molar-refractivity contribution in [1.82, 2.24) is 9.78 Å². The van der Waals surface area contributed by atoms with Crippen LogP contribution in [-0.2, 0) is 0 Å². The largest absolute Gasteiger partial charge is 0.573 e. The summed E-state index contributed by atoms with van der Waals surface area (Å²) < 4.78 is 42.2. The number of aromatic nitrogens is 2. The van der Waals surface area contributed by atoms with Gasteiger partial charge in [-0.25, -0.2) is 4.68 Å². The molecule has 7 heteroatoms. The molecule has 2 aromatic rings. The van der Waals surface area contributed by atoms with Crippen LogP contribution < -0.4 is 4.74 Å². The minimum absolute atomic E-state index is 0.258. The molecule has 0 aliphatic carbocycles. The third kappa shape index (κ3) is 4.65. The topological polar surface area (TPSA) is 27.1 Å². The van der Waals surface area contributed by atoms with Gasteiger partial charge in [-0.1, -0.05) is 25.6 Å². The van der Waals surface area contributed by atoms with E-state index in [2.05, 4.69) is 40.9 Å². The van der Waals surface area contributed by atoms with E-state index in [1.807, 2.05) is 13.8 Å². The molecule has 0 radical (unpaired) electrons. The van der Waals surface area contributed by atoms with Gasteiger partial charge >= 0.3 is 6.36 Å². The van der Waals surface area contributed by atoms with Crippen LogP contribution in [0, 0.1) is 25.3 Å². The van der Waals surface area contributed by atoms with Crippen molar-refractivity contribution in [2.75, 3.05) is 0 Å². The SMILES string of the molecule is Cc1nn(-c2ccc(OC(F)(F)F)cc2)c(C)c1C#C[Si](C)(C)C. The summed E-state index contributed by atoms with van der Waals surface area (Å²) in [5.41, 5.74) is 6.50. The molecule has 0 fully saturated rings. The highest BCUT2D eigenvalue weighted by Crippen LogP contribution is 2.24. The molecule has 0 amide bonds. The maximum Gasteiger partial charge on any atom is 0.573 e. The van der Waals surface area contributed by atoms with Crippen molar-refractivity contribution in [1.29, 1.82) is 0 Å². The van der Waals surface area contributed by atoms with E-state index in [4.69, 9.17) is 0 Å². The van der Waals surface area contributed by atoms with Gasteiger partial charge in [-0.15, -0.1) is 18.7 Å². The molecule has 1 aromatic carbocycles. The lowest BCUT2D eigenvalue weighted by Gasteiger charge is -2.10. The fourth-order valence-electron chi connectivity index (χ4n) is 2.11. The summed E-state index contributed by atoms with van der Waals surface area (Å²) >= 11 is 0. The average molecular weight is 352 g/mol. The van der Waals surface area contributed by atoms with Crippen LogP contribution in [0.4, 0.5) is 13.2 Å². The number of rotatable bonds is 2. The van der Waals surface area contributed by atoms with Gasteiger partial charge in [0.1, 0.15) is 13.8 Å². The number of halogens is 3. The molecule has 0 bridgehead atoms. The smallest absolute Gasteiger partial charge is 0.406 e. The van der Waals surface area contributed by atoms with E-state index in [-0.39, 0.29) is 5.75 Å². The molecule has 128 valence electrons. The zero-order valence-electron chi connectivity index (χ0n) is 14.2. The lowest BCUT2D eigenvalue weighted by Crippen LogP contribution is -2.17. The Morgan fingerprint density at radius 1 is 1.08 bits per heavy atom. The monoisotopic (exact) mass is 352 g/mol. The van der Waals surface area contributed by atoms with E-state index in [1.165, 1.54) is 24.3 Å². The summed E-state index contributed by atoms with van der Waals surface area (Å²) in [7, 11) is -1.51. The van der Waals surface area contributed by atoms with Crippen molar-refractivity contribution in [2.24, 2.45) is 0 Å². The summed E-state index contributed by atoms with van der Waals surface area (Å²) in [6.45, 7) is 10.3. The molecule has 0 saturated heterocycles. The molecular formula is C17H19F3N2OSi. The summed E-state index contributed by atoms with van der Waals surface area (Å²) in [6.07, 6.45) is -4.70. The van der Waals surface area contributed by atoms with E-state index >= 15 is 0 Å². The molecule has 1 heterocycles. The normalized spacial score (nSPS) is 11.8. The highest BCUT2D eigenvalue weighted by atomic mass is 28.3. The Labute approximate surface area is 140 Å². The van der Waals surface area contributed by atoms with Gasteiger partial charge in [-0.3, -0.25) is 0 Å². The number of ether oxygens (including phenoxy) is 1. The average Bonchev–Trinajstić information content (AvgIpc) is 2.70. The molecule has 0 N–H and O–H groups in total. The van der Waals surface area contributed by atoms with Gasteiger partial charge in [-0.05, 0) is 38.1 Å². The third-order valence-electron chi connectivity index (χ3n) is 3.17. The second-order valence-corrected chi connectivity index (χ2v) is 11.2. The quantitative estimate of drug-likeness (QED) is 0.583. The maximum absolute atomic E-state index is 12.2. The van der Waals surface area contributed by atoms with E-state index < -0.39 is 14.4 Å². The first-order valence-corrected chi connectivity index (χ1v) is 10.9. The Hall–Kier alpha value is -2.20. The summed E-state index contributed by atoms with van der Waals surface area (Å²) in [4.78, 5) is 0. The van der Waals surface area contributed by atoms with E-state index in [0.29, 0.717) is 5.69 Å². The molecule has 0 atom stereocenters. The second-order valence-electron chi connectivity index (χ2n) is 6.50. The van der Waals surface area contributed by atoms with Gasteiger partial charge in [-0.2, -0.15) is 5.10 Å². The van der Waals surface area contributed by atoms with E-state index in [9.17, 15) is 13.2 Å². The van der Waals surface area contributed by atoms with Crippen molar-refractivity contribution >= 4 is 8.07 Å². The number of nitrogens with zero attached hydrogens (tertiary/aromatic N) is 2. The van der Waals surface area contributed by atoms with Gasteiger partial charge in [0.15, 0.2) is 0 Å². The second kappa shape index (κ2) is 6.36. The Kier molecular flexibility index (Phi) is 4.81. The van der Waals surface area contributed by atoms with Crippen LogP contribution in [0.2, 0.25) is 19.6 Å². The van der Waals surface area contributed by atoms with Crippen LogP contribution in [0.25, 0.3) is 5.69 Å². The zero-order chi connectivity index (χ0) is 18.1. The Bertz CT molecular complexity index is 791. The first kappa shape index (κ1) is 18.1. The lowest BCUT2D eigenvalue weighted by atomic mass is 10.2. The maximum atomic E-state index is 12.2. The fraction of sp³-hybridized carbons (Fsp3) is 0.353. The number of alkyl halides is 3. The number of hydrogen-bond acceptors (Lipinski definition) is 2. The minimum atomic E-state index is -4.70. The molecule has 0 aliphatic heterocycles. The van der Waals surface area contributed by atoms with Crippen LogP contribution in [0.5, 0.6) is 5.75 Å². The first-order chi connectivity index (χ1) is 11.0. The molecule has 0 unspecified atom stereocenters. The number of hydrogen-bond donors (Lipinski definition) is 0. The van der Waals surface area contributed by atoms with E-state index in [0.717, 1.165) is 17.0 Å². The molecule has 0 saturated carbocycles. The first-order valence-electron chi connectivity index (χ1n) is 7.42. The van der Waals surface area contributed by atoms with Gasteiger partial charge in [0.2, 0.25) is 0 Å². The number of benzene rings is 1. The van der Waals surface area contributed by atoms with Gasteiger partial charge in [0.25, 0.3) is 0 Å². The van der Waals surface area contributed by atoms with Gasteiger partial charge in [0, 0.05) is 0 Å². The minimum Gasteiger partial charge on any atom is -0.406 e. The lowest BCUT2D eigenvalue weighted by molar-refractivity contribution is -0.274. The molecule has 0 spiro atoms. The van der Waals surface area contributed by atoms with Crippen LogP contribution >= 0.6 is 0 Å². The van der Waals surface area contributed by atoms with Crippen LogP contribution in [0.15, 0.2) is 24.3 Å². The van der Waals surface area contributed by atoms with E-state index in [1.54, 1.807) is 4.68 Å². The molecule has 2 rings (SSSR count). The van der Waals surface area contributed by atoms with Crippen molar-refractivity contribution in [3.8, 4) is 22.9 Å².